The molecule has 0 aliphatic carbocycles. The molecule has 3 N–H and O–H groups in total. The fraction of sp³-hybridized carbons (Fsp3) is 0.600. The van der Waals surface area contributed by atoms with Crippen LogP contribution in [-0.4, -0.2) is 42.4 Å². The molecule has 7 heteroatoms. The quantitative estimate of drug-likeness (QED) is 0.856. The van der Waals surface area contributed by atoms with E-state index in [1.54, 1.807) is 13.0 Å². The number of carbonyl (C=O) groups excluding carboxylic acids is 2. The van der Waals surface area contributed by atoms with E-state index in [4.69, 9.17) is 10.2 Å². The second-order valence-corrected chi connectivity index (χ2v) is 5.38. The van der Waals surface area contributed by atoms with Crippen molar-refractivity contribution in [2.45, 2.75) is 38.6 Å². The summed E-state index contributed by atoms with van der Waals surface area (Å²) in [6, 6.07) is 1.75. The predicted molar refractivity (Wildman–Crippen MR) is 86.0 cm³/mol. The first-order chi connectivity index (χ1) is 10.1. The molecular formula is C15H24ClN3O3. The summed E-state index contributed by atoms with van der Waals surface area (Å²) in [5.74, 6) is 0.561. The zero-order valence-corrected chi connectivity index (χ0v) is 13.7. The van der Waals surface area contributed by atoms with Crippen molar-refractivity contribution in [1.29, 1.82) is 0 Å². The van der Waals surface area contributed by atoms with Crippen LogP contribution in [0.25, 0.3) is 0 Å². The molecule has 124 valence electrons. The summed E-state index contributed by atoms with van der Waals surface area (Å²) in [6.07, 6.45) is 4.83. The van der Waals surface area contributed by atoms with Crippen molar-refractivity contribution in [2.24, 2.45) is 5.73 Å². The highest BCUT2D eigenvalue weighted by molar-refractivity contribution is 5.95. The number of rotatable bonds is 5. The van der Waals surface area contributed by atoms with Gasteiger partial charge >= 0.3 is 0 Å². The van der Waals surface area contributed by atoms with Gasteiger partial charge in [0.15, 0.2) is 0 Å². The van der Waals surface area contributed by atoms with Crippen LogP contribution < -0.4 is 11.1 Å². The van der Waals surface area contributed by atoms with E-state index in [-0.39, 0.29) is 30.3 Å². The van der Waals surface area contributed by atoms with Gasteiger partial charge in [-0.3, -0.25) is 9.59 Å². The molecule has 0 saturated carbocycles. The van der Waals surface area contributed by atoms with Gasteiger partial charge in [-0.25, -0.2) is 0 Å². The minimum Gasteiger partial charge on any atom is -0.469 e. The molecule has 1 atom stereocenters. The van der Waals surface area contributed by atoms with Gasteiger partial charge in [0.1, 0.15) is 5.76 Å². The molecule has 0 spiro atoms. The second kappa shape index (κ2) is 8.80. The Hall–Kier alpha value is -1.53. The third-order valence-corrected chi connectivity index (χ3v) is 3.88. The molecule has 1 aromatic heterocycles. The van der Waals surface area contributed by atoms with Gasteiger partial charge in [-0.15, -0.1) is 12.4 Å². The number of amides is 2. The maximum Gasteiger partial charge on any atom is 0.257 e. The number of halogens is 1. The van der Waals surface area contributed by atoms with Crippen LogP contribution in [0.3, 0.4) is 0 Å². The normalized spacial score (nSPS) is 17.7. The molecule has 1 unspecified atom stereocenters. The zero-order chi connectivity index (χ0) is 15.2. The van der Waals surface area contributed by atoms with Crippen molar-refractivity contribution in [3.63, 3.8) is 0 Å². The van der Waals surface area contributed by atoms with E-state index in [9.17, 15) is 9.59 Å². The lowest BCUT2D eigenvalue weighted by atomic mass is 10.0. The molecule has 1 aliphatic rings. The molecule has 0 radical (unpaired) electrons. The van der Waals surface area contributed by atoms with E-state index in [1.165, 1.54) is 6.26 Å². The highest BCUT2D eigenvalue weighted by Gasteiger charge is 2.29. The Morgan fingerprint density at radius 1 is 1.45 bits per heavy atom. The largest absolute Gasteiger partial charge is 0.469 e. The molecule has 1 aromatic rings. The van der Waals surface area contributed by atoms with Crippen LogP contribution in [-0.2, 0) is 4.79 Å². The highest BCUT2D eigenvalue weighted by atomic mass is 35.5. The third-order valence-electron chi connectivity index (χ3n) is 3.88. The standard InChI is InChI=1S/C15H23N3O3.ClH/c1-11-13(6-9-21-11)15(20)18-8-3-2-4-12(18)10-17-14(19)5-7-16;/h6,9,12H,2-5,7-8,10,16H2,1H3,(H,17,19);1H. The fourth-order valence-corrected chi connectivity index (χ4v) is 2.69. The van der Waals surface area contributed by atoms with Crippen LogP contribution in [0.15, 0.2) is 16.7 Å². The molecule has 6 nitrogen and oxygen atoms in total. The van der Waals surface area contributed by atoms with E-state index in [1.807, 2.05) is 4.90 Å². The van der Waals surface area contributed by atoms with Crippen molar-refractivity contribution >= 4 is 24.2 Å². The van der Waals surface area contributed by atoms with Gasteiger partial charge in [0.2, 0.25) is 5.91 Å². The topological polar surface area (TPSA) is 88.6 Å². The maximum atomic E-state index is 12.6. The number of nitrogens with two attached hydrogens (primary N) is 1. The van der Waals surface area contributed by atoms with Gasteiger partial charge < -0.3 is 20.4 Å². The summed E-state index contributed by atoms with van der Waals surface area (Å²) in [7, 11) is 0. The van der Waals surface area contributed by atoms with Crippen LogP contribution in [0, 0.1) is 6.92 Å². The van der Waals surface area contributed by atoms with Crippen molar-refractivity contribution in [3.8, 4) is 0 Å². The molecule has 0 aromatic carbocycles. The van der Waals surface area contributed by atoms with Crippen LogP contribution in [0.4, 0.5) is 0 Å². The number of nitrogens with zero attached hydrogens (tertiary/aromatic N) is 1. The van der Waals surface area contributed by atoms with E-state index < -0.39 is 0 Å². The van der Waals surface area contributed by atoms with E-state index in [0.717, 1.165) is 25.8 Å². The van der Waals surface area contributed by atoms with Crippen molar-refractivity contribution < 1.29 is 14.0 Å². The highest BCUT2D eigenvalue weighted by Crippen LogP contribution is 2.21. The number of nitrogens with one attached hydrogen (secondary N) is 1. The first-order valence-corrected chi connectivity index (χ1v) is 7.45. The summed E-state index contributed by atoms with van der Waals surface area (Å²) in [4.78, 5) is 26.0. The Morgan fingerprint density at radius 2 is 2.23 bits per heavy atom. The molecule has 2 amide bonds. The summed E-state index contributed by atoms with van der Waals surface area (Å²) in [6.45, 7) is 3.34. The van der Waals surface area contributed by atoms with E-state index in [0.29, 0.717) is 30.8 Å². The summed E-state index contributed by atoms with van der Waals surface area (Å²) in [5, 5.41) is 2.86. The Morgan fingerprint density at radius 3 is 2.86 bits per heavy atom. The predicted octanol–water partition coefficient (Wildman–Crippen LogP) is 1.47. The van der Waals surface area contributed by atoms with Crippen LogP contribution >= 0.6 is 12.4 Å². The Bertz CT molecular complexity index is 504. The van der Waals surface area contributed by atoms with Crippen molar-refractivity contribution in [3.05, 3.63) is 23.7 Å². The first-order valence-electron chi connectivity index (χ1n) is 7.45. The smallest absolute Gasteiger partial charge is 0.257 e. The van der Waals surface area contributed by atoms with Crippen LogP contribution in [0.1, 0.15) is 41.8 Å². The summed E-state index contributed by atoms with van der Waals surface area (Å²) < 4.78 is 5.21. The Balaban J connectivity index is 0.00000242. The van der Waals surface area contributed by atoms with Gasteiger partial charge in [0, 0.05) is 32.1 Å². The lowest BCUT2D eigenvalue weighted by Crippen LogP contribution is -2.49. The molecule has 2 heterocycles. The monoisotopic (exact) mass is 329 g/mol. The fourth-order valence-electron chi connectivity index (χ4n) is 2.69. The number of carbonyl (C=O) groups is 2. The Labute approximate surface area is 136 Å². The molecule has 1 fully saturated rings. The summed E-state index contributed by atoms with van der Waals surface area (Å²) >= 11 is 0. The molecule has 1 saturated heterocycles. The van der Waals surface area contributed by atoms with Gasteiger partial charge in [0.25, 0.3) is 5.91 Å². The molecule has 0 bridgehead atoms. The van der Waals surface area contributed by atoms with Gasteiger partial charge in [0.05, 0.1) is 11.8 Å². The number of hydrogen-bond acceptors (Lipinski definition) is 4. The maximum absolute atomic E-state index is 12.6. The Kier molecular flexibility index (Phi) is 7.41. The van der Waals surface area contributed by atoms with E-state index >= 15 is 0 Å². The minimum absolute atomic E-state index is 0. The minimum atomic E-state index is -0.0602. The van der Waals surface area contributed by atoms with Crippen LogP contribution in [0.5, 0.6) is 0 Å². The molecular weight excluding hydrogens is 306 g/mol. The summed E-state index contributed by atoms with van der Waals surface area (Å²) in [5.41, 5.74) is 5.97. The van der Waals surface area contributed by atoms with Gasteiger partial charge in [-0.2, -0.15) is 0 Å². The number of aryl methyl sites for hydroxylation is 1. The lowest BCUT2D eigenvalue weighted by Gasteiger charge is -2.35. The molecule has 22 heavy (non-hydrogen) atoms. The SMILES string of the molecule is Cc1occc1C(=O)N1CCCCC1CNC(=O)CCN.Cl. The first kappa shape index (κ1) is 18.5. The third kappa shape index (κ3) is 4.48. The van der Waals surface area contributed by atoms with Gasteiger partial charge in [-0.1, -0.05) is 0 Å². The van der Waals surface area contributed by atoms with Gasteiger partial charge in [-0.05, 0) is 32.3 Å². The molecule has 1 aliphatic heterocycles. The average Bonchev–Trinajstić information content (AvgIpc) is 2.91. The number of furan rings is 1. The number of piperidine rings is 1. The average molecular weight is 330 g/mol. The lowest BCUT2D eigenvalue weighted by molar-refractivity contribution is -0.121. The van der Waals surface area contributed by atoms with Crippen molar-refractivity contribution in [1.82, 2.24) is 10.2 Å². The van der Waals surface area contributed by atoms with Crippen LogP contribution in [0.2, 0.25) is 0 Å². The second-order valence-electron chi connectivity index (χ2n) is 5.38. The van der Waals surface area contributed by atoms with Crippen molar-refractivity contribution in [2.75, 3.05) is 19.6 Å². The number of hydrogen-bond donors (Lipinski definition) is 2. The number of likely N-dealkylation sites (tertiary alicyclic amines) is 1. The zero-order valence-electron chi connectivity index (χ0n) is 12.8. The molecule has 2 rings (SSSR count). The van der Waals surface area contributed by atoms with E-state index in [2.05, 4.69) is 5.32 Å².